The van der Waals surface area contributed by atoms with Crippen molar-refractivity contribution in [1.29, 1.82) is 0 Å². The van der Waals surface area contributed by atoms with Crippen LogP contribution in [-0.2, 0) is 0 Å². The summed E-state index contributed by atoms with van der Waals surface area (Å²) in [6.45, 7) is 3.00. The van der Waals surface area contributed by atoms with Gasteiger partial charge in [0, 0.05) is 17.7 Å². The zero-order chi connectivity index (χ0) is 14.4. The minimum atomic E-state index is 0.165. The first-order valence-electron chi connectivity index (χ1n) is 6.57. The molecule has 0 saturated heterocycles. The van der Waals surface area contributed by atoms with Crippen molar-refractivity contribution in [3.63, 3.8) is 0 Å². The quantitative estimate of drug-likeness (QED) is 0.625. The van der Waals surface area contributed by atoms with Gasteiger partial charge in [0.2, 0.25) is 0 Å². The molecule has 1 atom stereocenters. The summed E-state index contributed by atoms with van der Waals surface area (Å²) in [5, 5.41) is 4.50. The van der Waals surface area contributed by atoms with Gasteiger partial charge in [-0.3, -0.25) is 0 Å². The number of hydrogen-bond acceptors (Lipinski definition) is 4. The van der Waals surface area contributed by atoms with Gasteiger partial charge in [0.15, 0.2) is 11.3 Å². The number of terminal acetylenes is 1. The molecule has 4 heteroatoms. The fraction of sp³-hybridized carbons (Fsp3) is 0.375. The predicted molar refractivity (Wildman–Crippen MR) is 85.3 cm³/mol. The van der Waals surface area contributed by atoms with Gasteiger partial charge in [-0.2, -0.15) is 0 Å². The Kier molecular flexibility index (Phi) is 5.40. The minimum Gasteiger partial charge on any atom is -0.493 e. The van der Waals surface area contributed by atoms with Crippen molar-refractivity contribution in [2.45, 2.75) is 13.0 Å². The van der Waals surface area contributed by atoms with Gasteiger partial charge in [0.05, 0.1) is 18.9 Å². The molecule has 1 N–H and O–H groups in total. The molecule has 1 aromatic heterocycles. The first kappa shape index (κ1) is 14.8. The van der Waals surface area contributed by atoms with Crippen LogP contribution in [0.5, 0.6) is 5.75 Å². The Bertz CT molecular complexity index is 600. The number of fused-ring (bicyclic) bond motifs is 1. The van der Waals surface area contributed by atoms with Crippen LogP contribution in [0.25, 0.3) is 11.0 Å². The van der Waals surface area contributed by atoms with Crippen molar-refractivity contribution in [1.82, 2.24) is 5.32 Å². The topological polar surface area (TPSA) is 34.4 Å². The van der Waals surface area contributed by atoms with Gasteiger partial charge in [0.25, 0.3) is 0 Å². The Labute approximate surface area is 124 Å². The van der Waals surface area contributed by atoms with Gasteiger partial charge in [0.1, 0.15) is 5.76 Å². The molecule has 0 radical (unpaired) electrons. The van der Waals surface area contributed by atoms with E-state index in [1.165, 1.54) is 0 Å². The molecule has 0 amide bonds. The van der Waals surface area contributed by atoms with Gasteiger partial charge >= 0.3 is 0 Å². The summed E-state index contributed by atoms with van der Waals surface area (Å²) in [6, 6.07) is 8.13. The molecule has 0 aliphatic heterocycles. The van der Waals surface area contributed by atoms with Crippen LogP contribution in [0, 0.1) is 12.3 Å². The molecule has 0 bridgehead atoms. The van der Waals surface area contributed by atoms with Crippen LogP contribution in [0.3, 0.4) is 0 Å². The molecule has 1 unspecified atom stereocenters. The second-order valence-corrected chi connectivity index (χ2v) is 5.57. The Morgan fingerprint density at radius 3 is 3.10 bits per heavy atom. The van der Waals surface area contributed by atoms with Gasteiger partial charge in [-0.05, 0) is 19.1 Å². The van der Waals surface area contributed by atoms with E-state index in [1.54, 1.807) is 18.9 Å². The molecular weight excluding hydrogens is 270 g/mol. The van der Waals surface area contributed by atoms with Crippen LogP contribution in [0.2, 0.25) is 0 Å². The average Bonchev–Trinajstić information content (AvgIpc) is 2.90. The van der Waals surface area contributed by atoms with E-state index in [1.807, 2.05) is 18.2 Å². The highest BCUT2D eigenvalue weighted by Crippen LogP contribution is 2.30. The minimum absolute atomic E-state index is 0.165. The zero-order valence-electron chi connectivity index (χ0n) is 11.8. The van der Waals surface area contributed by atoms with Crippen molar-refractivity contribution in [3.05, 3.63) is 30.0 Å². The SMILES string of the molecule is C#CCSCCNC(C)c1cc2cccc(OC)c2o1. The molecule has 106 valence electrons. The van der Waals surface area contributed by atoms with Crippen molar-refractivity contribution < 1.29 is 9.15 Å². The monoisotopic (exact) mass is 289 g/mol. The largest absolute Gasteiger partial charge is 0.493 e. The Hall–Kier alpha value is -1.57. The van der Waals surface area contributed by atoms with Crippen LogP contribution in [0.4, 0.5) is 0 Å². The first-order valence-corrected chi connectivity index (χ1v) is 7.72. The molecule has 0 fully saturated rings. The predicted octanol–water partition coefficient (Wildman–Crippen LogP) is 3.46. The van der Waals surface area contributed by atoms with E-state index >= 15 is 0 Å². The highest BCUT2D eigenvalue weighted by atomic mass is 32.2. The van der Waals surface area contributed by atoms with E-state index in [2.05, 4.69) is 24.2 Å². The van der Waals surface area contributed by atoms with Crippen molar-refractivity contribution in [3.8, 4) is 18.1 Å². The number of para-hydroxylation sites is 1. The van der Waals surface area contributed by atoms with E-state index in [9.17, 15) is 0 Å². The molecular formula is C16H19NO2S. The molecule has 0 aliphatic carbocycles. The lowest BCUT2D eigenvalue weighted by Crippen LogP contribution is -2.20. The summed E-state index contributed by atoms with van der Waals surface area (Å²) in [6.07, 6.45) is 5.21. The maximum atomic E-state index is 5.90. The Morgan fingerprint density at radius 2 is 2.35 bits per heavy atom. The lowest BCUT2D eigenvalue weighted by Gasteiger charge is -2.10. The van der Waals surface area contributed by atoms with Gasteiger partial charge in [-0.1, -0.05) is 18.1 Å². The summed E-state index contributed by atoms with van der Waals surface area (Å²) in [5.41, 5.74) is 0.806. The standard InChI is InChI=1S/C16H19NO2S/c1-4-9-20-10-8-17-12(2)15-11-13-6-5-7-14(18-3)16(13)19-15/h1,5-7,11-12,17H,8-10H2,2-3H3. The number of benzene rings is 1. The van der Waals surface area contributed by atoms with Gasteiger partial charge in [-0.25, -0.2) is 0 Å². The summed E-state index contributed by atoms with van der Waals surface area (Å²) >= 11 is 1.75. The number of methoxy groups -OCH3 is 1. The molecule has 0 aliphatic rings. The van der Waals surface area contributed by atoms with Gasteiger partial charge < -0.3 is 14.5 Å². The number of thioether (sulfide) groups is 1. The first-order chi connectivity index (χ1) is 9.76. The zero-order valence-corrected chi connectivity index (χ0v) is 12.6. The van der Waals surface area contributed by atoms with Crippen LogP contribution >= 0.6 is 11.8 Å². The average molecular weight is 289 g/mol. The molecule has 0 spiro atoms. The summed E-state index contributed by atoms with van der Waals surface area (Å²) in [4.78, 5) is 0. The smallest absolute Gasteiger partial charge is 0.176 e. The fourth-order valence-corrected chi connectivity index (χ4v) is 2.53. The third kappa shape index (κ3) is 3.50. The van der Waals surface area contributed by atoms with Crippen LogP contribution in [-0.4, -0.2) is 25.2 Å². The number of hydrogen-bond donors (Lipinski definition) is 1. The summed E-state index contributed by atoms with van der Waals surface area (Å²) in [5.74, 6) is 6.07. The normalized spacial score (nSPS) is 12.2. The third-order valence-corrected chi connectivity index (χ3v) is 3.92. The highest BCUT2D eigenvalue weighted by Gasteiger charge is 2.13. The molecule has 3 nitrogen and oxygen atoms in total. The van der Waals surface area contributed by atoms with Crippen LogP contribution in [0.1, 0.15) is 18.7 Å². The fourth-order valence-electron chi connectivity index (χ4n) is 2.01. The number of ether oxygens (including phenoxy) is 1. The highest BCUT2D eigenvalue weighted by molar-refractivity contribution is 7.99. The lowest BCUT2D eigenvalue weighted by molar-refractivity contribution is 0.401. The summed E-state index contributed by atoms with van der Waals surface area (Å²) < 4.78 is 11.2. The van der Waals surface area contributed by atoms with Crippen LogP contribution < -0.4 is 10.1 Å². The van der Waals surface area contributed by atoms with E-state index in [4.69, 9.17) is 15.6 Å². The van der Waals surface area contributed by atoms with Crippen molar-refractivity contribution >= 4 is 22.7 Å². The van der Waals surface area contributed by atoms with Gasteiger partial charge in [-0.15, -0.1) is 18.2 Å². The maximum absolute atomic E-state index is 5.90. The molecule has 1 heterocycles. The van der Waals surface area contributed by atoms with E-state index in [-0.39, 0.29) is 6.04 Å². The van der Waals surface area contributed by atoms with E-state index in [0.29, 0.717) is 0 Å². The van der Waals surface area contributed by atoms with E-state index < -0.39 is 0 Å². The second kappa shape index (κ2) is 7.28. The van der Waals surface area contributed by atoms with Crippen molar-refractivity contribution in [2.24, 2.45) is 0 Å². The lowest BCUT2D eigenvalue weighted by atomic mass is 10.2. The Morgan fingerprint density at radius 1 is 1.50 bits per heavy atom. The number of nitrogens with one attached hydrogen (secondary N) is 1. The number of rotatable bonds is 7. The molecule has 0 saturated carbocycles. The van der Waals surface area contributed by atoms with Crippen molar-refractivity contribution in [2.75, 3.05) is 25.2 Å². The maximum Gasteiger partial charge on any atom is 0.176 e. The third-order valence-electron chi connectivity index (χ3n) is 3.06. The molecule has 1 aromatic carbocycles. The number of furan rings is 1. The second-order valence-electron chi connectivity index (χ2n) is 4.46. The van der Waals surface area contributed by atoms with E-state index in [0.717, 1.165) is 40.5 Å². The molecule has 2 aromatic rings. The molecule has 2 rings (SSSR count). The summed E-state index contributed by atoms with van der Waals surface area (Å²) in [7, 11) is 1.65. The Balaban J connectivity index is 2.00. The van der Waals surface area contributed by atoms with Crippen LogP contribution in [0.15, 0.2) is 28.7 Å². The molecule has 20 heavy (non-hydrogen) atoms.